The van der Waals surface area contributed by atoms with E-state index in [4.69, 9.17) is 15.8 Å². The lowest BCUT2D eigenvalue weighted by atomic mass is 10.1. The van der Waals surface area contributed by atoms with Crippen molar-refractivity contribution in [2.24, 2.45) is 0 Å². The van der Waals surface area contributed by atoms with Gasteiger partial charge in [-0.1, -0.05) is 23.7 Å². The van der Waals surface area contributed by atoms with Crippen molar-refractivity contribution in [1.29, 1.82) is 0 Å². The summed E-state index contributed by atoms with van der Waals surface area (Å²) in [5.74, 6) is -0.884. The molecule has 3 aromatic rings. The average Bonchev–Trinajstić information content (AvgIpc) is 3.42. The Labute approximate surface area is 220 Å². The number of rotatable bonds is 9. The van der Waals surface area contributed by atoms with Crippen molar-refractivity contribution in [2.45, 2.75) is 43.8 Å². The zero-order valence-corrected chi connectivity index (χ0v) is 21.3. The van der Waals surface area contributed by atoms with Crippen LogP contribution in [-0.2, 0) is 27.2 Å². The molecule has 1 fully saturated rings. The minimum Gasteiger partial charge on any atom is -0.390 e. The molecule has 1 aliphatic rings. The summed E-state index contributed by atoms with van der Waals surface area (Å²) >= 11 is 5.94. The van der Waals surface area contributed by atoms with Gasteiger partial charge in [0.25, 0.3) is 0 Å². The second-order valence-corrected chi connectivity index (χ2v) is 10.4. The zero-order chi connectivity index (χ0) is 27.7. The van der Waals surface area contributed by atoms with Gasteiger partial charge in [0, 0.05) is 30.4 Å². The molecule has 2 heterocycles. The van der Waals surface area contributed by atoms with Crippen LogP contribution in [0.25, 0.3) is 0 Å². The van der Waals surface area contributed by atoms with Crippen LogP contribution in [0, 0.1) is 0 Å². The molecule has 3 N–H and O–H groups in total. The number of ketones is 1. The van der Waals surface area contributed by atoms with Gasteiger partial charge in [0.15, 0.2) is 0 Å². The molecule has 1 aliphatic carbocycles. The molecule has 0 amide bonds. The number of hydrogen-bond acceptors (Lipinski definition) is 9. The molecule has 11 nitrogen and oxygen atoms in total. The van der Waals surface area contributed by atoms with Crippen molar-refractivity contribution in [3.8, 4) is 0 Å². The van der Waals surface area contributed by atoms with Gasteiger partial charge < -0.3 is 10.4 Å². The molecule has 16 heteroatoms. The molecular formula is C22H22ClF3N6O5S. The summed E-state index contributed by atoms with van der Waals surface area (Å²) in [7, 11) is -2.90. The van der Waals surface area contributed by atoms with Crippen LogP contribution in [0.4, 0.5) is 19.0 Å². The highest BCUT2D eigenvalue weighted by atomic mass is 35.5. The Bertz CT molecular complexity index is 1430. The summed E-state index contributed by atoms with van der Waals surface area (Å²) in [4.78, 5) is 21.1. The molecule has 1 saturated carbocycles. The SMILES string of the molecule is CNS(=O)(=O)O[C@@H]1C[C@H](Nc2ncncc2C(=O)c2cc(C(F)(F)F)n(Cc3cccc(Cl)c3)n2)C[C@@H]1O. The number of hydrogen-bond donors (Lipinski definition) is 3. The Kier molecular flexibility index (Phi) is 8.04. The molecule has 0 radical (unpaired) electrons. The summed E-state index contributed by atoms with van der Waals surface area (Å²) in [5, 5.41) is 17.4. The van der Waals surface area contributed by atoms with Gasteiger partial charge in [-0.15, -0.1) is 0 Å². The normalized spacial score (nSPS) is 20.0. The molecule has 0 unspecified atom stereocenters. The molecule has 204 valence electrons. The topological polar surface area (TPSA) is 148 Å². The number of aliphatic hydroxyl groups is 1. The van der Waals surface area contributed by atoms with Gasteiger partial charge in [0.05, 0.1) is 18.2 Å². The fraction of sp³-hybridized carbons (Fsp3) is 0.364. The van der Waals surface area contributed by atoms with Gasteiger partial charge >= 0.3 is 16.5 Å². The molecule has 0 spiro atoms. The van der Waals surface area contributed by atoms with E-state index in [9.17, 15) is 31.5 Å². The van der Waals surface area contributed by atoms with Crippen LogP contribution in [0.2, 0.25) is 5.02 Å². The summed E-state index contributed by atoms with van der Waals surface area (Å²) in [6, 6.07) is 6.33. The van der Waals surface area contributed by atoms with E-state index in [2.05, 4.69) is 20.4 Å². The maximum Gasteiger partial charge on any atom is 0.433 e. The van der Waals surface area contributed by atoms with E-state index in [0.717, 1.165) is 19.6 Å². The maximum atomic E-state index is 13.8. The van der Waals surface area contributed by atoms with E-state index in [1.165, 1.54) is 6.07 Å². The Hall–Kier alpha value is -3.11. The average molecular weight is 575 g/mol. The van der Waals surface area contributed by atoms with E-state index in [-0.39, 0.29) is 30.8 Å². The van der Waals surface area contributed by atoms with Gasteiger partial charge in [-0.05, 0) is 30.5 Å². The van der Waals surface area contributed by atoms with E-state index in [1.807, 2.05) is 4.72 Å². The van der Waals surface area contributed by atoms with Crippen LogP contribution in [0.3, 0.4) is 0 Å². The number of aromatic nitrogens is 4. The van der Waals surface area contributed by atoms with Gasteiger partial charge in [0.1, 0.15) is 29.6 Å². The number of nitrogens with zero attached hydrogens (tertiary/aromatic N) is 4. The molecule has 3 atom stereocenters. The van der Waals surface area contributed by atoms with Crippen LogP contribution < -0.4 is 10.0 Å². The number of alkyl halides is 3. The van der Waals surface area contributed by atoms with Crippen LogP contribution >= 0.6 is 11.6 Å². The first kappa shape index (κ1) is 27.9. The number of nitrogens with one attached hydrogen (secondary N) is 2. The standard InChI is InChI=1S/C22H22ClF3N6O5S/c1-27-38(35,36)37-18-7-14(6-17(18)33)30-21-15(9-28-11-29-21)20(34)16-8-19(22(24,25)26)32(31-16)10-12-3-2-4-13(23)5-12/h2-5,8-9,11,14,17-18,27,33H,6-7,10H2,1H3,(H,28,29,30)/t14-,17+,18-/m1/s1. The third kappa shape index (κ3) is 6.47. The summed E-state index contributed by atoms with van der Waals surface area (Å²) < 4.78 is 72.2. The fourth-order valence-electron chi connectivity index (χ4n) is 4.04. The molecule has 1 aromatic carbocycles. The minimum atomic E-state index is -4.79. The molecule has 0 aliphatic heterocycles. The quantitative estimate of drug-likeness (QED) is 0.328. The van der Waals surface area contributed by atoms with Crippen LogP contribution in [0.1, 0.15) is 40.2 Å². The Morgan fingerprint density at radius 3 is 2.74 bits per heavy atom. The largest absolute Gasteiger partial charge is 0.433 e. The highest BCUT2D eigenvalue weighted by Gasteiger charge is 2.39. The first-order valence-electron chi connectivity index (χ1n) is 11.2. The number of benzene rings is 1. The van der Waals surface area contributed by atoms with Gasteiger partial charge in [-0.3, -0.25) is 13.7 Å². The monoisotopic (exact) mass is 574 g/mol. The van der Waals surface area contributed by atoms with E-state index < -0.39 is 51.9 Å². The number of halogens is 4. The summed E-state index contributed by atoms with van der Waals surface area (Å²) in [6.07, 6.45) is -4.61. The first-order valence-corrected chi connectivity index (χ1v) is 13.0. The number of carbonyl (C=O) groups is 1. The minimum absolute atomic E-state index is 0.0164. The van der Waals surface area contributed by atoms with Crippen LogP contribution in [0.15, 0.2) is 42.9 Å². The van der Waals surface area contributed by atoms with Gasteiger partial charge in [-0.25, -0.2) is 9.97 Å². The van der Waals surface area contributed by atoms with Crippen LogP contribution in [-0.4, -0.2) is 64.4 Å². The molecule has 2 aromatic heterocycles. The predicted octanol–water partition coefficient (Wildman–Crippen LogP) is 2.41. The van der Waals surface area contributed by atoms with E-state index in [1.54, 1.807) is 18.2 Å². The molecule has 4 rings (SSSR count). The van der Waals surface area contributed by atoms with Crippen molar-refractivity contribution in [3.63, 3.8) is 0 Å². The van der Waals surface area contributed by atoms with Crippen molar-refractivity contribution >= 4 is 33.5 Å². The molecule has 0 bridgehead atoms. The smallest absolute Gasteiger partial charge is 0.390 e. The third-order valence-electron chi connectivity index (χ3n) is 5.79. The molecule has 38 heavy (non-hydrogen) atoms. The third-order valence-corrected chi connectivity index (χ3v) is 7.03. The van der Waals surface area contributed by atoms with Crippen molar-refractivity contribution in [1.82, 2.24) is 24.5 Å². The van der Waals surface area contributed by atoms with Gasteiger partial charge in [0.2, 0.25) is 5.78 Å². The second-order valence-electron chi connectivity index (χ2n) is 8.49. The number of carbonyl (C=O) groups excluding carboxylic acids is 1. The zero-order valence-electron chi connectivity index (χ0n) is 19.7. The van der Waals surface area contributed by atoms with Gasteiger partial charge in [-0.2, -0.15) is 31.4 Å². The highest BCUT2D eigenvalue weighted by Crippen LogP contribution is 2.32. The summed E-state index contributed by atoms with van der Waals surface area (Å²) in [6.45, 7) is -0.282. The predicted molar refractivity (Wildman–Crippen MR) is 129 cm³/mol. The molecule has 0 saturated heterocycles. The van der Waals surface area contributed by atoms with Crippen molar-refractivity contribution < 1.29 is 35.7 Å². The van der Waals surface area contributed by atoms with Crippen molar-refractivity contribution in [3.05, 3.63) is 70.4 Å². The second kappa shape index (κ2) is 10.9. The van der Waals surface area contributed by atoms with Crippen molar-refractivity contribution in [2.75, 3.05) is 12.4 Å². The lowest BCUT2D eigenvalue weighted by Gasteiger charge is -2.15. The Morgan fingerprint density at radius 2 is 2.05 bits per heavy atom. The fourth-order valence-corrected chi connectivity index (χ4v) is 4.88. The van der Waals surface area contributed by atoms with Crippen LogP contribution in [0.5, 0.6) is 0 Å². The summed E-state index contributed by atoms with van der Waals surface area (Å²) in [5.41, 5.74) is -1.32. The first-order chi connectivity index (χ1) is 17.9. The lowest BCUT2D eigenvalue weighted by molar-refractivity contribution is -0.144. The van der Waals surface area contributed by atoms with E-state index in [0.29, 0.717) is 21.3 Å². The van der Waals surface area contributed by atoms with E-state index >= 15 is 0 Å². The number of anilines is 1. The number of aliphatic hydroxyl groups excluding tert-OH is 1. The lowest BCUT2D eigenvalue weighted by Crippen LogP contribution is -2.31. The highest BCUT2D eigenvalue weighted by molar-refractivity contribution is 7.84. The molecular weight excluding hydrogens is 553 g/mol. The Morgan fingerprint density at radius 1 is 1.29 bits per heavy atom. The Balaban J connectivity index is 1.58. The maximum absolute atomic E-state index is 13.8.